The van der Waals surface area contributed by atoms with Crippen LogP contribution in [0.4, 0.5) is 5.69 Å². The molecule has 2 aromatic rings. The first-order chi connectivity index (χ1) is 14.4. The van der Waals surface area contributed by atoms with Crippen molar-refractivity contribution in [3.63, 3.8) is 0 Å². The van der Waals surface area contributed by atoms with E-state index in [0.29, 0.717) is 17.4 Å². The maximum atomic E-state index is 13.2. The number of likely N-dealkylation sites (N-methyl/N-ethyl adjacent to an activating group) is 1. The van der Waals surface area contributed by atoms with Crippen LogP contribution in [0, 0.1) is 0 Å². The molecule has 1 atom stereocenters. The number of halogens is 1. The fourth-order valence-corrected chi connectivity index (χ4v) is 3.72. The van der Waals surface area contributed by atoms with Crippen molar-refractivity contribution in [1.82, 2.24) is 14.7 Å². The van der Waals surface area contributed by atoms with Gasteiger partial charge in [0.2, 0.25) is 5.91 Å². The molecule has 30 heavy (non-hydrogen) atoms. The van der Waals surface area contributed by atoms with Crippen molar-refractivity contribution in [2.45, 2.75) is 46.6 Å². The summed E-state index contributed by atoms with van der Waals surface area (Å²) in [6.45, 7) is 7.93. The summed E-state index contributed by atoms with van der Waals surface area (Å²) in [6, 6.07) is 9.45. The third-order valence-electron chi connectivity index (χ3n) is 5.37. The average Bonchev–Trinajstić information content (AvgIpc) is 3.30. The molecular formula is C23H28ClN5O. The Morgan fingerprint density at radius 2 is 2.00 bits per heavy atom. The molecule has 158 valence electrons. The van der Waals surface area contributed by atoms with Gasteiger partial charge in [0.25, 0.3) is 0 Å². The molecular weight excluding hydrogens is 398 g/mol. The fourth-order valence-electron chi connectivity index (χ4n) is 3.51. The Bertz CT molecular complexity index is 1010. The van der Waals surface area contributed by atoms with Crippen LogP contribution < -0.4 is 4.90 Å². The largest absolute Gasteiger partial charge is 0.312 e. The van der Waals surface area contributed by atoms with Gasteiger partial charge < -0.3 is 9.80 Å². The van der Waals surface area contributed by atoms with Gasteiger partial charge in [-0.25, -0.2) is 9.67 Å². The molecule has 7 heteroatoms. The van der Waals surface area contributed by atoms with Crippen LogP contribution in [0.2, 0.25) is 0 Å². The molecule has 1 aliphatic heterocycles. The second-order valence-corrected chi connectivity index (χ2v) is 7.55. The number of piperazine rings is 1. The lowest BCUT2D eigenvalue weighted by Crippen LogP contribution is -2.57. The van der Waals surface area contributed by atoms with E-state index in [1.54, 1.807) is 22.8 Å². The molecule has 0 bridgehead atoms. The minimum Gasteiger partial charge on any atom is -0.312 e. The van der Waals surface area contributed by atoms with Crippen molar-refractivity contribution in [2.24, 2.45) is 4.99 Å². The first-order valence-corrected chi connectivity index (χ1v) is 10.6. The van der Waals surface area contributed by atoms with E-state index >= 15 is 0 Å². The summed E-state index contributed by atoms with van der Waals surface area (Å²) in [5, 5.41) is 4.78. The topological polar surface area (TPSA) is 53.7 Å². The van der Waals surface area contributed by atoms with Crippen molar-refractivity contribution < 1.29 is 4.79 Å². The molecule has 1 fully saturated rings. The first kappa shape index (κ1) is 21.8. The molecule has 1 aromatic heterocycles. The van der Waals surface area contributed by atoms with Gasteiger partial charge in [-0.2, -0.15) is 5.10 Å². The van der Waals surface area contributed by atoms with Crippen LogP contribution in [0.25, 0.3) is 5.69 Å². The minimum atomic E-state index is -0.378. The number of benzene rings is 1. The highest BCUT2D eigenvalue weighted by atomic mass is 35.5. The molecule has 0 aliphatic carbocycles. The van der Waals surface area contributed by atoms with Crippen LogP contribution in [0.1, 0.15) is 40.5 Å². The smallest absolute Gasteiger partial charge is 0.249 e. The van der Waals surface area contributed by atoms with Gasteiger partial charge in [-0.3, -0.25) is 4.79 Å². The normalized spacial score (nSPS) is 20.9. The number of carbonyl (C=O) groups excluding carboxylic acids is 1. The van der Waals surface area contributed by atoms with Gasteiger partial charge in [0, 0.05) is 25.1 Å². The van der Waals surface area contributed by atoms with Gasteiger partial charge in [-0.05, 0) is 56.5 Å². The summed E-state index contributed by atoms with van der Waals surface area (Å²) >= 11 is 6.55. The average molecular weight is 426 g/mol. The maximum Gasteiger partial charge on any atom is 0.249 e. The number of anilines is 1. The van der Waals surface area contributed by atoms with Crippen LogP contribution in [-0.2, 0) is 4.79 Å². The number of hydrogen-bond donors (Lipinski definition) is 0. The number of amidine groups is 1. The van der Waals surface area contributed by atoms with Gasteiger partial charge in [0.05, 0.1) is 11.4 Å². The third-order valence-corrected chi connectivity index (χ3v) is 5.78. The standard InChI is InChI=1S/C23H28ClN5O/c1-6-16(4)21(24)26-22-19(7-2)27(5)23(30)20(8-3)29(22)18-12-9-11-17(15-18)28-14-10-13-25-28/h7,9-15,20H,6,8H2,1-5H3/b19-7+,21-16+,26-22+. The van der Waals surface area contributed by atoms with Crippen LogP contribution in [0.3, 0.4) is 0 Å². The molecule has 0 radical (unpaired) electrons. The highest BCUT2D eigenvalue weighted by Crippen LogP contribution is 2.31. The van der Waals surface area contributed by atoms with Gasteiger partial charge in [0.1, 0.15) is 11.2 Å². The van der Waals surface area contributed by atoms with E-state index in [4.69, 9.17) is 16.6 Å². The number of aliphatic imine (C=N–C) groups is 1. The second-order valence-electron chi connectivity index (χ2n) is 7.20. The summed E-state index contributed by atoms with van der Waals surface area (Å²) in [6.07, 6.45) is 6.98. The monoisotopic (exact) mass is 425 g/mol. The van der Waals surface area contributed by atoms with Crippen molar-refractivity contribution in [3.8, 4) is 5.69 Å². The SMILES string of the molecule is C\C=C1/C(=N\C(Cl)=C(/C)CC)N(c2cccc(-n3cccn3)c2)C(CC)C(=O)N1C. The number of allylic oxidation sites excluding steroid dienone is 2. The quantitative estimate of drug-likeness (QED) is 0.625. The lowest BCUT2D eigenvalue weighted by atomic mass is 10.0. The van der Waals surface area contributed by atoms with Gasteiger partial charge in [0.15, 0.2) is 5.84 Å². The molecule has 3 rings (SSSR count). The van der Waals surface area contributed by atoms with E-state index in [2.05, 4.69) is 5.10 Å². The van der Waals surface area contributed by atoms with E-state index < -0.39 is 0 Å². The molecule has 0 N–H and O–H groups in total. The van der Waals surface area contributed by atoms with Gasteiger partial charge in [-0.15, -0.1) is 0 Å². The van der Waals surface area contributed by atoms with E-state index in [-0.39, 0.29) is 11.9 Å². The predicted molar refractivity (Wildman–Crippen MR) is 123 cm³/mol. The molecule has 1 unspecified atom stereocenters. The van der Waals surface area contributed by atoms with Crippen LogP contribution in [-0.4, -0.2) is 39.5 Å². The highest BCUT2D eigenvalue weighted by Gasteiger charge is 2.39. The van der Waals surface area contributed by atoms with Crippen molar-refractivity contribution in [3.05, 3.63) is 65.2 Å². The Morgan fingerprint density at radius 1 is 1.27 bits per heavy atom. The third kappa shape index (κ3) is 4.05. The van der Waals surface area contributed by atoms with E-state index in [9.17, 15) is 4.79 Å². The minimum absolute atomic E-state index is 0.0290. The molecule has 1 aliphatic rings. The zero-order valence-electron chi connectivity index (χ0n) is 18.1. The molecule has 1 saturated heterocycles. The zero-order valence-corrected chi connectivity index (χ0v) is 18.9. The number of rotatable bonds is 5. The Kier molecular flexibility index (Phi) is 6.77. The molecule has 0 spiro atoms. The van der Waals surface area contributed by atoms with Crippen molar-refractivity contribution in [2.75, 3.05) is 11.9 Å². The molecule has 0 saturated carbocycles. The Morgan fingerprint density at radius 3 is 2.60 bits per heavy atom. The molecule has 6 nitrogen and oxygen atoms in total. The van der Waals surface area contributed by atoms with E-state index in [1.807, 2.05) is 75.2 Å². The fraction of sp³-hybridized carbons (Fsp3) is 0.348. The number of hydrogen-bond acceptors (Lipinski definition) is 3. The predicted octanol–water partition coefficient (Wildman–Crippen LogP) is 5.11. The highest BCUT2D eigenvalue weighted by molar-refractivity contribution is 6.31. The van der Waals surface area contributed by atoms with Crippen molar-refractivity contribution in [1.29, 1.82) is 0 Å². The van der Waals surface area contributed by atoms with Gasteiger partial charge >= 0.3 is 0 Å². The van der Waals surface area contributed by atoms with Gasteiger partial charge in [-0.1, -0.05) is 37.6 Å². The Hall–Kier alpha value is -2.86. The number of amides is 1. The van der Waals surface area contributed by atoms with Crippen molar-refractivity contribution >= 4 is 29.0 Å². The molecule has 1 amide bonds. The lowest BCUT2D eigenvalue weighted by Gasteiger charge is -2.42. The maximum absolute atomic E-state index is 13.2. The van der Waals surface area contributed by atoms with Crippen LogP contribution >= 0.6 is 11.6 Å². The summed E-state index contributed by atoms with van der Waals surface area (Å²) in [7, 11) is 1.79. The number of aromatic nitrogens is 2. The number of nitrogens with zero attached hydrogens (tertiary/aromatic N) is 5. The Labute approximate surface area is 183 Å². The first-order valence-electron chi connectivity index (χ1n) is 10.2. The number of carbonyl (C=O) groups is 1. The summed E-state index contributed by atoms with van der Waals surface area (Å²) in [5.41, 5.74) is 3.51. The molecule has 1 aromatic carbocycles. The second kappa shape index (κ2) is 9.30. The lowest BCUT2D eigenvalue weighted by molar-refractivity contribution is -0.129. The zero-order chi connectivity index (χ0) is 21.8. The van der Waals surface area contributed by atoms with Crippen LogP contribution in [0.5, 0.6) is 0 Å². The van der Waals surface area contributed by atoms with Crippen LogP contribution in [0.15, 0.2) is 70.2 Å². The Balaban J connectivity index is 2.22. The summed E-state index contributed by atoms with van der Waals surface area (Å²) in [5.74, 6) is 0.697. The molecule has 2 heterocycles. The summed E-state index contributed by atoms with van der Waals surface area (Å²) < 4.78 is 1.80. The summed E-state index contributed by atoms with van der Waals surface area (Å²) in [4.78, 5) is 21.6. The van der Waals surface area contributed by atoms with E-state index in [1.165, 1.54) is 0 Å². The van der Waals surface area contributed by atoms with E-state index in [0.717, 1.165) is 29.1 Å².